The molecule has 0 amide bonds. The molecule has 2 rings (SSSR count). The minimum absolute atomic E-state index is 0.322. The van der Waals surface area contributed by atoms with E-state index in [4.69, 9.17) is 5.73 Å². The van der Waals surface area contributed by atoms with Gasteiger partial charge in [-0.25, -0.2) is 4.68 Å². The number of anilines is 2. The molecule has 1 aromatic rings. The second-order valence-electron chi connectivity index (χ2n) is 5.90. The molecular formula is C14H27N5. The number of likely N-dealkylation sites (tertiary alicyclic amines) is 1. The summed E-state index contributed by atoms with van der Waals surface area (Å²) < 4.78 is 1.99. The van der Waals surface area contributed by atoms with Gasteiger partial charge in [-0.2, -0.15) is 5.10 Å². The molecule has 108 valence electrons. The maximum absolute atomic E-state index is 6.13. The minimum Gasteiger partial charge on any atom is -0.394 e. The Labute approximate surface area is 116 Å². The molecule has 1 aliphatic rings. The SMILES string of the molecule is Cc1nn(C(C)C)c(NCC2CCCCN2C)c1N. The Kier molecular flexibility index (Phi) is 4.34. The number of likely N-dealkylation sites (N-methyl/N-ethyl adjacent to an activating group) is 1. The lowest BCUT2D eigenvalue weighted by Crippen LogP contribution is -2.41. The first kappa shape index (κ1) is 14.2. The van der Waals surface area contributed by atoms with E-state index in [1.165, 1.54) is 25.8 Å². The summed E-state index contributed by atoms with van der Waals surface area (Å²) in [5.74, 6) is 0.978. The zero-order valence-corrected chi connectivity index (χ0v) is 12.6. The van der Waals surface area contributed by atoms with Crippen LogP contribution >= 0.6 is 0 Å². The van der Waals surface area contributed by atoms with Gasteiger partial charge in [0.1, 0.15) is 5.82 Å². The maximum atomic E-state index is 6.13. The third-order valence-corrected chi connectivity index (χ3v) is 4.05. The molecule has 1 unspecified atom stereocenters. The quantitative estimate of drug-likeness (QED) is 0.876. The predicted octanol–water partition coefficient (Wildman–Crippen LogP) is 2.25. The lowest BCUT2D eigenvalue weighted by atomic mass is 10.0. The molecule has 0 aliphatic carbocycles. The van der Waals surface area contributed by atoms with E-state index in [9.17, 15) is 0 Å². The van der Waals surface area contributed by atoms with Crippen LogP contribution in [-0.2, 0) is 0 Å². The van der Waals surface area contributed by atoms with Crippen molar-refractivity contribution < 1.29 is 0 Å². The van der Waals surface area contributed by atoms with Crippen LogP contribution in [-0.4, -0.2) is 40.9 Å². The van der Waals surface area contributed by atoms with Gasteiger partial charge in [-0.15, -0.1) is 0 Å². The molecule has 2 heterocycles. The monoisotopic (exact) mass is 265 g/mol. The summed E-state index contributed by atoms with van der Waals surface area (Å²) in [5, 5.41) is 8.03. The Morgan fingerprint density at radius 3 is 2.79 bits per heavy atom. The van der Waals surface area contributed by atoms with Crippen LogP contribution in [0.4, 0.5) is 11.5 Å². The van der Waals surface area contributed by atoms with Crippen LogP contribution in [0.2, 0.25) is 0 Å². The van der Waals surface area contributed by atoms with Crippen LogP contribution < -0.4 is 11.1 Å². The highest BCUT2D eigenvalue weighted by atomic mass is 15.4. The van der Waals surface area contributed by atoms with Gasteiger partial charge in [0.15, 0.2) is 0 Å². The number of piperidine rings is 1. The van der Waals surface area contributed by atoms with Crippen LogP contribution in [0.3, 0.4) is 0 Å². The van der Waals surface area contributed by atoms with Crippen molar-refractivity contribution in [2.75, 3.05) is 31.2 Å². The van der Waals surface area contributed by atoms with Gasteiger partial charge in [-0.3, -0.25) is 0 Å². The van der Waals surface area contributed by atoms with Gasteiger partial charge in [0.05, 0.1) is 11.4 Å². The molecule has 1 atom stereocenters. The molecule has 0 spiro atoms. The number of nitrogens with one attached hydrogen (secondary N) is 1. The van der Waals surface area contributed by atoms with Gasteiger partial charge < -0.3 is 16.0 Å². The summed E-state index contributed by atoms with van der Waals surface area (Å²) in [7, 11) is 2.21. The van der Waals surface area contributed by atoms with Crippen LogP contribution in [0.5, 0.6) is 0 Å². The summed E-state index contributed by atoms with van der Waals surface area (Å²) >= 11 is 0. The third-order valence-electron chi connectivity index (χ3n) is 4.05. The van der Waals surface area contributed by atoms with Crippen LogP contribution in [0.25, 0.3) is 0 Å². The molecule has 0 bridgehead atoms. The summed E-state index contributed by atoms with van der Waals surface area (Å²) in [4.78, 5) is 2.44. The van der Waals surface area contributed by atoms with Crippen molar-refractivity contribution in [3.63, 3.8) is 0 Å². The highest BCUT2D eigenvalue weighted by Gasteiger charge is 2.20. The number of rotatable bonds is 4. The van der Waals surface area contributed by atoms with Crippen LogP contribution in [0, 0.1) is 6.92 Å². The number of nitrogens with zero attached hydrogens (tertiary/aromatic N) is 3. The molecule has 1 fully saturated rings. The first-order valence-corrected chi connectivity index (χ1v) is 7.29. The van der Waals surface area contributed by atoms with E-state index >= 15 is 0 Å². The predicted molar refractivity (Wildman–Crippen MR) is 80.5 cm³/mol. The molecule has 1 aromatic heterocycles. The molecule has 5 heteroatoms. The maximum Gasteiger partial charge on any atom is 0.148 e. The number of nitrogen functional groups attached to an aromatic ring is 1. The average molecular weight is 265 g/mol. The van der Waals surface area contributed by atoms with Crippen molar-refractivity contribution in [2.24, 2.45) is 0 Å². The first-order valence-electron chi connectivity index (χ1n) is 7.29. The van der Waals surface area contributed by atoms with Gasteiger partial charge in [-0.05, 0) is 47.2 Å². The Balaban J connectivity index is 2.06. The number of hydrogen-bond donors (Lipinski definition) is 2. The largest absolute Gasteiger partial charge is 0.394 e. The Morgan fingerprint density at radius 1 is 1.42 bits per heavy atom. The second kappa shape index (κ2) is 5.82. The number of aromatic nitrogens is 2. The van der Waals surface area contributed by atoms with Crippen molar-refractivity contribution in [1.82, 2.24) is 14.7 Å². The lowest BCUT2D eigenvalue weighted by Gasteiger charge is -2.32. The highest BCUT2D eigenvalue weighted by molar-refractivity contribution is 5.64. The second-order valence-corrected chi connectivity index (χ2v) is 5.90. The summed E-state index contributed by atoms with van der Waals surface area (Å²) in [6, 6.07) is 0.923. The zero-order valence-electron chi connectivity index (χ0n) is 12.6. The number of aryl methyl sites for hydroxylation is 1. The molecule has 0 radical (unpaired) electrons. The van der Waals surface area contributed by atoms with Crippen molar-refractivity contribution >= 4 is 11.5 Å². The Hall–Kier alpha value is -1.23. The van der Waals surface area contributed by atoms with Crippen molar-refractivity contribution in [2.45, 2.75) is 52.1 Å². The standard InChI is InChI=1S/C14H27N5/c1-10(2)19-14(13(15)11(3)17-19)16-9-12-7-5-6-8-18(12)4/h10,12,16H,5-9,15H2,1-4H3. The van der Waals surface area contributed by atoms with Gasteiger partial charge in [0.2, 0.25) is 0 Å². The smallest absolute Gasteiger partial charge is 0.148 e. The minimum atomic E-state index is 0.322. The highest BCUT2D eigenvalue weighted by Crippen LogP contribution is 2.26. The van der Waals surface area contributed by atoms with E-state index in [-0.39, 0.29) is 0 Å². The van der Waals surface area contributed by atoms with Gasteiger partial charge >= 0.3 is 0 Å². The molecule has 3 N–H and O–H groups in total. The van der Waals surface area contributed by atoms with E-state index in [1.54, 1.807) is 0 Å². The molecular weight excluding hydrogens is 238 g/mol. The van der Waals surface area contributed by atoms with Crippen LogP contribution in [0.15, 0.2) is 0 Å². The van der Waals surface area contributed by atoms with E-state index in [2.05, 4.69) is 36.2 Å². The molecule has 0 aromatic carbocycles. The molecule has 5 nitrogen and oxygen atoms in total. The number of hydrogen-bond acceptors (Lipinski definition) is 4. The van der Waals surface area contributed by atoms with E-state index < -0.39 is 0 Å². The third kappa shape index (κ3) is 3.03. The summed E-state index contributed by atoms with van der Waals surface area (Å²) in [6.07, 6.45) is 3.91. The average Bonchev–Trinajstić information content (AvgIpc) is 2.65. The Bertz CT molecular complexity index is 424. The fourth-order valence-electron chi connectivity index (χ4n) is 2.73. The van der Waals surface area contributed by atoms with Crippen LogP contribution in [0.1, 0.15) is 44.8 Å². The van der Waals surface area contributed by atoms with Crippen molar-refractivity contribution in [1.29, 1.82) is 0 Å². The Morgan fingerprint density at radius 2 is 2.16 bits per heavy atom. The normalized spacial score (nSPS) is 21.0. The van der Waals surface area contributed by atoms with Gasteiger partial charge in [0, 0.05) is 18.6 Å². The zero-order chi connectivity index (χ0) is 14.0. The fraction of sp³-hybridized carbons (Fsp3) is 0.786. The van der Waals surface area contributed by atoms with E-state index in [0.717, 1.165) is 23.7 Å². The van der Waals surface area contributed by atoms with Crippen molar-refractivity contribution in [3.05, 3.63) is 5.69 Å². The molecule has 0 saturated carbocycles. The van der Waals surface area contributed by atoms with Gasteiger partial charge in [0.25, 0.3) is 0 Å². The summed E-state index contributed by atoms with van der Waals surface area (Å²) in [5.41, 5.74) is 7.83. The van der Waals surface area contributed by atoms with Gasteiger partial charge in [-0.1, -0.05) is 6.42 Å². The van der Waals surface area contributed by atoms with E-state index in [1.807, 2.05) is 11.6 Å². The number of nitrogens with two attached hydrogens (primary N) is 1. The lowest BCUT2D eigenvalue weighted by molar-refractivity contribution is 0.194. The summed E-state index contributed by atoms with van der Waals surface area (Å²) in [6.45, 7) is 8.36. The molecule has 1 aliphatic heterocycles. The topological polar surface area (TPSA) is 59.1 Å². The first-order chi connectivity index (χ1) is 9.00. The van der Waals surface area contributed by atoms with E-state index in [0.29, 0.717) is 12.1 Å². The molecule has 1 saturated heterocycles. The molecule has 19 heavy (non-hydrogen) atoms. The van der Waals surface area contributed by atoms with Crippen molar-refractivity contribution in [3.8, 4) is 0 Å². The fourth-order valence-corrected chi connectivity index (χ4v) is 2.73.